The van der Waals surface area contributed by atoms with Crippen molar-refractivity contribution >= 4 is 26.8 Å². The van der Waals surface area contributed by atoms with Crippen LogP contribution in [-0.2, 0) is 10.0 Å². The van der Waals surface area contributed by atoms with Crippen molar-refractivity contribution in [1.82, 2.24) is 9.29 Å². The molecule has 2 aromatic carbocycles. The van der Waals surface area contributed by atoms with Crippen LogP contribution in [0.2, 0.25) is 0 Å². The van der Waals surface area contributed by atoms with Gasteiger partial charge in [-0.15, -0.1) is 0 Å². The van der Waals surface area contributed by atoms with Crippen LogP contribution in [0.1, 0.15) is 5.56 Å². The largest absolute Gasteiger partial charge is 0.417 e. The second kappa shape index (κ2) is 6.57. The molecule has 138 valence electrons. The maximum atomic E-state index is 12.9. The zero-order valence-electron chi connectivity index (χ0n) is 14.3. The Balaban J connectivity index is 1.58. The van der Waals surface area contributed by atoms with E-state index in [4.69, 9.17) is 4.42 Å². The lowest BCUT2D eigenvalue weighted by Gasteiger charge is -2.35. The third-order valence-corrected chi connectivity index (χ3v) is 6.59. The summed E-state index contributed by atoms with van der Waals surface area (Å²) in [4.78, 5) is 16.1. The van der Waals surface area contributed by atoms with Gasteiger partial charge in [0.25, 0.3) is 0 Å². The number of fused-ring (bicyclic) bond motifs is 1. The number of hydrogen-bond donors (Lipinski definition) is 1. The van der Waals surface area contributed by atoms with E-state index in [0.29, 0.717) is 24.2 Å². The highest BCUT2D eigenvalue weighted by Gasteiger charge is 2.31. The number of piperazine rings is 1. The van der Waals surface area contributed by atoms with Crippen molar-refractivity contribution in [2.24, 2.45) is 0 Å². The van der Waals surface area contributed by atoms with E-state index < -0.39 is 15.8 Å². The van der Waals surface area contributed by atoms with Crippen LogP contribution in [0, 0.1) is 11.3 Å². The maximum absolute atomic E-state index is 12.9. The Hall–Kier alpha value is -3.09. The molecule has 0 atom stereocenters. The van der Waals surface area contributed by atoms with E-state index in [1.54, 1.807) is 18.2 Å². The number of rotatable bonds is 3. The molecule has 0 unspecified atom stereocenters. The topological polar surface area (TPSA) is 110 Å². The number of oxazole rings is 1. The standard InChI is InChI=1S/C18H16N4O4S/c19-12-13-4-1-2-7-16(13)27(24,25)22-10-8-21(9-11-22)15-6-3-5-14-17(15)26-18(23)20-14/h1-7H,8-11H2,(H,20,23). The zero-order chi connectivity index (χ0) is 19.0. The first-order valence-corrected chi connectivity index (χ1v) is 9.81. The van der Waals surface area contributed by atoms with Gasteiger partial charge >= 0.3 is 5.76 Å². The molecule has 0 spiro atoms. The van der Waals surface area contributed by atoms with Crippen LogP contribution in [0.4, 0.5) is 5.69 Å². The van der Waals surface area contributed by atoms with Gasteiger partial charge in [-0.05, 0) is 24.3 Å². The summed E-state index contributed by atoms with van der Waals surface area (Å²) in [5.41, 5.74) is 1.96. The molecule has 27 heavy (non-hydrogen) atoms. The molecule has 1 saturated heterocycles. The van der Waals surface area contributed by atoms with E-state index in [2.05, 4.69) is 4.98 Å². The molecule has 1 aliphatic heterocycles. The van der Waals surface area contributed by atoms with Gasteiger partial charge in [0.2, 0.25) is 10.0 Å². The molecule has 1 aromatic heterocycles. The first-order valence-electron chi connectivity index (χ1n) is 8.37. The van der Waals surface area contributed by atoms with Gasteiger partial charge in [-0.3, -0.25) is 4.98 Å². The number of sulfonamides is 1. The van der Waals surface area contributed by atoms with E-state index in [0.717, 1.165) is 5.69 Å². The van der Waals surface area contributed by atoms with Gasteiger partial charge in [-0.1, -0.05) is 18.2 Å². The number of H-pyrrole nitrogens is 1. The zero-order valence-corrected chi connectivity index (χ0v) is 15.1. The van der Waals surface area contributed by atoms with Crippen molar-refractivity contribution in [1.29, 1.82) is 5.26 Å². The third-order valence-electron chi connectivity index (χ3n) is 4.63. The normalized spacial score (nSPS) is 15.7. The molecule has 0 radical (unpaired) electrons. The highest BCUT2D eigenvalue weighted by molar-refractivity contribution is 7.89. The number of anilines is 1. The molecule has 0 saturated carbocycles. The van der Waals surface area contributed by atoms with Crippen molar-refractivity contribution in [2.45, 2.75) is 4.90 Å². The number of para-hydroxylation sites is 1. The van der Waals surface area contributed by atoms with Gasteiger partial charge in [-0.25, -0.2) is 13.2 Å². The number of nitrogens with one attached hydrogen (secondary N) is 1. The van der Waals surface area contributed by atoms with Crippen LogP contribution in [0.15, 0.2) is 56.6 Å². The molecule has 0 amide bonds. The van der Waals surface area contributed by atoms with Crippen LogP contribution in [0.3, 0.4) is 0 Å². The highest BCUT2D eigenvalue weighted by atomic mass is 32.2. The summed E-state index contributed by atoms with van der Waals surface area (Å²) in [7, 11) is -3.74. The minimum atomic E-state index is -3.74. The Morgan fingerprint density at radius 3 is 2.52 bits per heavy atom. The van der Waals surface area contributed by atoms with Gasteiger partial charge in [0.05, 0.1) is 21.7 Å². The molecule has 1 fully saturated rings. The van der Waals surface area contributed by atoms with Crippen molar-refractivity contribution < 1.29 is 12.8 Å². The summed E-state index contributed by atoms with van der Waals surface area (Å²) >= 11 is 0. The number of aromatic amines is 1. The second-order valence-corrected chi connectivity index (χ2v) is 8.07. The fraction of sp³-hybridized carbons (Fsp3) is 0.222. The molecular formula is C18H16N4O4S. The summed E-state index contributed by atoms with van der Waals surface area (Å²) < 4.78 is 32.4. The predicted molar refractivity (Wildman–Crippen MR) is 99.0 cm³/mol. The van der Waals surface area contributed by atoms with E-state index in [9.17, 15) is 18.5 Å². The monoisotopic (exact) mass is 384 g/mol. The second-order valence-electron chi connectivity index (χ2n) is 6.17. The number of benzene rings is 2. The number of hydrogen-bond acceptors (Lipinski definition) is 6. The van der Waals surface area contributed by atoms with Gasteiger partial charge in [-0.2, -0.15) is 9.57 Å². The number of aromatic nitrogens is 1. The van der Waals surface area contributed by atoms with Gasteiger partial charge in [0.15, 0.2) is 5.58 Å². The number of nitriles is 1. The smallest absolute Gasteiger partial charge is 0.406 e. The molecule has 8 nitrogen and oxygen atoms in total. The van der Waals surface area contributed by atoms with Gasteiger partial charge in [0, 0.05) is 26.2 Å². The minimum Gasteiger partial charge on any atom is -0.406 e. The molecule has 0 aliphatic carbocycles. The van der Waals surface area contributed by atoms with Crippen LogP contribution in [-0.4, -0.2) is 43.9 Å². The molecule has 2 heterocycles. The summed E-state index contributed by atoms with van der Waals surface area (Å²) in [5.74, 6) is -0.522. The Kier molecular flexibility index (Phi) is 4.22. The summed E-state index contributed by atoms with van der Waals surface area (Å²) in [6, 6.07) is 13.5. The molecular weight excluding hydrogens is 368 g/mol. The highest BCUT2D eigenvalue weighted by Crippen LogP contribution is 2.27. The lowest BCUT2D eigenvalue weighted by atomic mass is 10.2. The van der Waals surface area contributed by atoms with Crippen LogP contribution < -0.4 is 10.7 Å². The lowest BCUT2D eigenvalue weighted by Crippen LogP contribution is -2.48. The van der Waals surface area contributed by atoms with Crippen LogP contribution in [0.25, 0.3) is 11.1 Å². The summed E-state index contributed by atoms with van der Waals surface area (Å²) in [5, 5.41) is 9.19. The van der Waals surface area contributed by atoms with E-state index in [1.165, 1.54) is 16.4 Å². The maximum Gasteiger partial charge on any atom is 0.417 e. The van der Waals surface area contributed by atoms with Crippen molar-refractivity contribution in [3.63, 3.8) is 0 Å². The average Bonchev–Trinajstić information content (AvgIpc) is 3.08. The van der Waals surface area contributed by atoms with Crippen molar-refractivity contribution in [3.8, 4) is 6.07 Å². The quantitative estimate of drug-likeness (QED) is 0.733. The average molecular weight is 384 g/mol. The van der Waals surface area contributed by atoms with E-state index >= 15 is 0 Å². The minimum absolute atomic E-state index is 0.0275. The molecule has 1 N–H and O–H groups in total. The lowest BCUT2D eigenvalue weighted by molar-refractivity contribution is 0.384. The van der Waals surface area contributed by atoms with Crippen molar-refractivity contribution in [2.75, 3.05) is 31.1 Å². The Morgan fingerprint density at radius 1 is 1.04 bits per heavy atom. The van der Waals surface area contributed by atoms with E-state index in [-0.39, 0.29) is 23.5 Å². The van der Waals surface area contributed by atoms with Crippen LogP contribution >= 0.6 is 0 Å². The van der Waals surface area contributed by atoms with Crippen molar-refractivity contribution in [3.05, 3.63) is 58.6 Å². The third kappa shape index (κ3) is 2.99. The molecule has 1 aliphatic rings. The molecule has 4 rings (SSSR count). The SMILES string of the molecule is N#Cc1ccccc1S(=O)(=O)N1CCN(c2cccc3[nH]c(=O)oc23)CC1. The first-order chi connectivity index (χ1) is 13.0. The fourth-order valence-electron chi connectivity index (χ4n) is 3.30. The molecule has 0 bridgehead atoms. The Morgan fingerprint density at radius 2 is 1.78 bits per heavy atom. The van der Waals surface area contributed by atoms with Gasteiger partial charge in [0.1, 0.15) is 6.07 Å². The van der Waals surface area contributed by atoms with Gasteiger partial charge < -0.3 is 9.32 Å². The first kappa shape index (κ1) is 17.3. The summed E-state index contributed by atoms with van der Waals surface area (Å²) in [6.07, 6.45) is 0. The van der Waals surface area contributed by atoms with Crippen LogP contribution in [0.5, 0.6) is 0 Å². The Bertz CT molecular complexity index is 1200. The molecule has 9 heteroatoms. The number of nitrogens with zero attached hydrogens (tertiary/aromatic N) is 3. The molecule has 3 aromatic rings. The van der Waals surface area contributed by atoms with E-state index in [1.807, 2.05) is 23.1 Å². The Labute approximate surface area is 155 Å². The summed E-state index contributed by atoms with van der Waals surface area (Å²) in [6.45, 7) is 1.43. The predicted octanol–water partition coefficient (Wildman–Crippen LogP) is 1.50. The fourth-order valence-corrected chi connectivity index (χ4v) is 4.86.